The molecule has 2 rings (SSSR count). The Hall–Kier alpha value is -1.80. The molecule has 1 atom stereocenters. The van der Waals surface area contributed by atoms with Gasteiger partial charge in [-0.05, 0) is 29.2 Å². The lowest BCUT2D eigenvalue weighted by molar-refractivity contribution is 0.220. The van der Waals surface area contributed by atoms with Crippen LogP contribution in [0.3, 0.4) is 0 Å². The second-order valence-corrected chi connectivity index (χ2v) is 5.09. The van der Waals surface area contributed by atoms with Crippen LogP contribution < -0.4 is 4.74 Å². The van der Waals surface area contributed by atoms with Crippen molar-refractivity contribution < 1.29 is 9.84 Å². The lowest BCUT2D eigenvalue weighted by Gasteiger charge is -2.13. The van der Waals surface area contributed by atoms with Crippen LogP contribution in [0, 0.1) is 5.92 Å². The van der Waals surface area contributed by atoms with Gasteiger partial charge in [0, 0.05) is 0 Å². The lowest BCUT2D eigenvalue weighted by atomic mass is 10.0. The molecule has 2 heteroatoms. The summed E-state index contributed by atoms with van der Waals surface area (Å²) < 4.78 is 5.63. The monoisotopic (exact) mass is 256 g/mol. The first-order valence-corrected chi connectivity index (χ1v) is 6.62. The van der Waals surface area contributed by atoms with Gasteiger partial charge in [0.05, 0.1) is 6.61 Å². The summed E-state index contributed by atoms with van der Waals surface area (Å²) in [5.74, 6) is 1.35. The Morgan fingerprint density at radius 1 is 0.895 bits per heavy atom. The van der Waals surface area contributed by atoms with Crippen molar-refractivity contribution in [3.05, 3.63) is 65.7 Å². The van der Waals surface area contributed by atoms with Gasteiger partial charge in [-0.25, -0.2) is 0 Å². The van der Waals surface area contributed by atoms with Crippen molar-refractivity contribution >= 4 is 0 Å². The zero-order valence-corrected chi connectivity index (χ0v) is 11.4. The van der Waals surface area contributed by atoms with Gasteiger partial charge in [-0.1, -0.05) is 56.3 Å². The molecule has 2 aromatic carbocycles. The van der Waals surface area contributed by atoms with Crippen LogP contribution in [0.1, 0.15) is 31.1 Å². The molecule has 0 fully saturated rings. The van der Waals surface area contributed by atoms with E-state index >= 15 is 0 Å². The van der Waals surface area contributed by atoms with E-state index in [4.69, 9.17) is 4.74 Å². The van der Waals surface area contributed by atoms with Gasteiger partial charge >= 0.3 is 0 Å². The molecule has 1 N–H and O–H groups in total. The zero-order chi connectivity index (χ0) is 13.7. The van der Waals surface area contributed by atoms with Gasteiger partial charge in [-0.3, -0.25) is 0 Å². The van der Waals surface area contributed by atoms with Crippen molar-refractivity contribution in [1.82, 2.24) is 0 Å². The van der Waals surface area contributed by atoms with Gasteiger partial charge in [0.1, 0.15) is 11.9 Å². The van der Waals surface area contributed by atoms with Gasteiger partial charge < -0.3 is 9.84 Å². The number of ether oxygens (including phenoxy) is 1. The number of benzene rings is 2. The summed E-state index contributed by atoms with van der Waals surface area (Å²) in [6.07, 6.45) is -0.583. The molecule has 0 radical (unpaired) electrons. The number of aliphatic hydroxyl groups excluding tert-OH is 1. The minimum absolute atomic E-state index is 0.509. The third-order valence-electron chi connectivity index (χ3n) is 2.89. The minimum atomic E-state index is -0.583. The number of aliphatic hydroxyl groups is 1. The molecule has 100 valence electrons. The molecule has 0 heterocycles. The molecule has 0 amide bonds. The largest absolute Gasteiger partial charge is 0.493 e. The number of rotatable bonds is 5. The van der Waals surface area contributed by atoms with Crippen LogP contribution in [-0.4, -0.2) is 11.7 Å². The van der Waals surface area contributed by atoms with E-state index in [1.54, 1.807) is 0 Å². The van der Waals surface area contributed by atoms with E-state index in [-0.39, 0.29) is 0 Å². The average molecular weight is 256 g/mol. The smallest absolute Gasteiger partial charge is 0.119 e. The summed E-state index contributed by atoms with van der Waals surface area (Å²) in [4.78, 5) is 0. The highest BCUT2D eigenvalue weighted by atomic mass is 16.5. The van der Waals surface area contributed by atoms with Gasteiger partial charge in [0.2, 0.25) is 0 Å². The molecule has 0 aliphatic carbocycles. The first-order chi connectivity index (χ1) is 9.16. The maximum absolute atomic E-state index is 10.3. The summed E-state index contributed by atoms with van der Waals surface area (Å²) in [5, 5.41) is 10.3. The fourth-order valence-electron chi connectivity index (χ4n) is 1.84. The van der Waals surface area contributed by atoms with Crippen LogP contribution >= 0.6 is 0 Å². The number of hydrogen-bond donors (Lipinski definition) is 1. The summed E-state index contributed by atoms with van der Waals surface area (Å²) in [5.41, 5.74) is 1.78. The third kappa shape index (κ3) is 3.83. The van der Waals surface area contributed by atoms with Crippen LogP contribution in [0.25, 0.3) is 0 Å². The van der Waals surface area contributed by atoms with Crippen LogP contribution in [0.5, 0.6) is 5.75 Å². The predicted molar refractivity (Wildman–Crippen MR) is 77.3 cm³/mol. The van der Waals surface area contributed by atoms with E-state index in [1.165, 1.54) is 0 Å². The molecule has 0 saturated carbocycles. The van der Waals surface area contributed by atoms with Crippen molar-refractivity contribution in [2.75, 3.05) is 6.61 Å². The standard InChI is InChI=1S/C17H20O2/c1-13(2)12-19-16-10-8-15(9-11-16)17(18)14-6-4-3-5-7-14/h3-11,13,17-18H,12H2,1-2H3/t17-/m0/s1. The fraction of sp³-hybridized carbons (Fsp3) is 0.294. The van der Waals surface area contributed by atoms with Crippen LogP contribution in [0.15, 0.2) is 54.6 Å². The molecule has 2 nitrogen and oxygen atoms in total. The highest BCUT2D eigenvalue weighted by molar-refractivity contribution is 5.33. The third-order valence-corrected chi connectivity index (χ3v) is 2.89. The average Bonchev–Trinajstić information content (AvgIpc) is 2.46. The van der Waals surface area contributed by atoms with Crippen molar-refractivity contribution in [2.24, 2.45) is 5.92 Å². The van der Waals surface area contributed by atoms with Crippen molar-refractivity contribution in [3.63, 3.8) is 0 Å². The van der Waals surface area contributed by atoms with E-state index < -0.39 is 6.10 Å². The Labute approximate surface area is 114 Å². The highest BCUT2D eigenvalue weighted by Crippen LogP contribution is 2.23. The molecule has 0 spiro atoms. The van der Waals surface area contributed by atoms with E-state index in [1.807, 2.05) is 54.6 Å². The Balaban J connectivity index is 2.06. The van der Waals surface area contributed by atoms with Gasteiger partial charge in [0.25, 0.3) is 0 Å². The molecular weight excluding hydrogens is 236 g/mol. The van der Waals surface area contributed by atoms with Crippen LogP contribution in [-0.2, 0) is 0 Å². The maximum atomic E-state index is 10.3. The predicted octanol–water partition coefficient (Wildman–Crippen LogP) is 3.80. The summed E-state index contributed by atoms with van der Waals surface area (Å²) in [6.45, 7) is 4.95. The van der Waals surface area contributed by atoms with E-state index in [0.29, 0.717) is 12.5 Å². The van der Waals surface area contributed by atoms with Crippen LogP contribution in [0.2, 0.25) is 0 Å². The minimum Gasteiger partial charge on any atom is -0.493 e. The first-order valence-electron chi connectivity index (χ1n) is 6.62. The van der Waals surface area contributed by atoms with Crippen LogP contribution in [0.4, 0.5) is 0 Å². The van der Waals surface area contributed by atoms with Gasteiger partial charge in [0.15, 0.2) is 0 Å². The lowest BCUT2D eigenvalue weighted by Crippen LogP contribution is -2.05. The number of hydrogen-bond acceptors (Lipinski definition) is 2. The van der Waals surface area contributed by atoms with E-state index in [2.05, 4.69) is 13.8 Å². The van der Waals surface area contributed by atoms with E-state index in [0.717, 1.165) is 16.9 Å². The molecule has 2 aromatic rings. The first kappa shape index (κ1) is 13.6. The summed E-state index contributed by atoms with van der Waals surface area (Å²) in [6, 6.07) is 17.3. The second-order valence-electron chi connectivity index (χ2n) is 5.09. The molecule has 0 bridgehead atoms. The normalized spacial score (nSPS) is 12.4. The fourth-order valence-corrected chi connectivity index (χ4v) is 1.84. The molecule has 0 aliphatic rings. The van der Waals surface area contributed by atoms with Gasteiger partial charge in [-0.2, -0.15) is 0 Å². The topological polar surface area (TPSA) is 29.5 Å². The Bertz CT molecular complexity index is 488. The summed E-state index contributed by atoms with van der Waals surface area (Å²) >= 11 is 0. The second kappa shape index (κ2) is 6.39. The van der Waals surface area contributed by atoms with Crippen molar-refractivity contribution in [3.8, 4) is 5.75 Å². The quantitative estimate of drug-likeness (QED) is 0.881. The maximum Gasteiger partial charge on any atom is 0.119 e. The molecular formula is C17H20O2. The van der Waals surface area contributed by atoms with E-state index in [9.17, 15) is 5.11 Å². The van der Waals surface area contributed by atoms with Crippen molar-refractivity contribution in [2.45, 2.75) is 20.0 Å². The zero-order valence-electron chi connectivity index (χ0n) is 11.4. The SMILES string of the molecule is CC(C)COc1ccc([C@@H](O)c2ccccc2)cc1. The Morgan fingerprint density at radius 2 is 1.47 bits per heavy atom. The Kier molecular flexibility index (Phi) is 4.58. The highest BCUT2D eigenvalue weighted by Gasteiger charge is 2.09. The molecule has 0 unspecified atom stereocenters. The molecule has 19 heavy (non-hydrogen) atoms. The van der Waals surface area contributed by atoms with Crippen molar-refractivity contribution in [1.29, 1.82) is 0 Å². The summed E-state index contributed by atoms with van der Waals surface area (Å²) in [7, 11) is 0. The molecule has 0 aromatic heterocycles. The molecule has 0 saturated heterocycles. The van der Waals surface area contributed by atoms with Gasteiger partial charge in [-0.15, -0.1) is 0 Å². The molecule has 0 aliphatic heterocycles. The Morgan fingerprint density at radius 3 is 2.05 bits per heavy atom.